The van der Waals surface area contributed by atoms with E-state index in [0.717, 1.165) is 38.9 Å². The van der Waals surface area contributed by atoms with Gasteiger partial charge in [0, 0.05) is 30.0 Å². The lowest BCUT2D eigenvalue weighted by molar-refractivity contribution is -0.128. The van der Waals surface area contributed by atoms with Crippen molar-refractivity contribution in [3.8, 4) is 20.3 Å². The van der Waals surface area contributed by atoms with E-state index in [1.165, 1.54) is 11.3 Å². The zero-order chi connectivity index (χ0) is 21.2. The second-order valence-electron chi connectivity index (χ2n) is 7.22. The Balaban J connectivity index is 1.38. The molecule has 1 aliphatic rings. The molecule has 1 N–H and O–H groups in total. The van der Waals surface area contributed by atoms with Crippen LogP contribution in [0.5, 0.6) is 0 Å². The highest BCUT2D eigenvalue weighted by Gasteiger charge is 2.21. The molecular formula is C23H19N3O2S3. The van der Waals surface area contributed by atoms with Crippen molar-refractivity contribution in [1.82, 2.24) is 9.88 Å². The number of rotatable bonds is 6. The van der Waals surface area contributed by atoms with E-state index in [4.69, 9.17) is 4.98 Å². The van der Waals surface area contributed by atoms with Crippen LogP contribution in [0.4, 0.5) is 5.13 Å². The molecule has 0 aliphatic carbocycles. The van der Waals surface area contributed by atoms with Gasteiger partial charge < -0.3 is 4.90 Å². The Morgan fingerprint density at radius 3 is 2.58 bits per heavy atom. The largest absolute Gasteiger partial charge is 0.338 e. The Morgan fingerprint density at radius 1 is 1.06 bits per heavy atom. The predicted molar refractivity (Wildman–Crippen MR) is 128 cm³/mol. The normalized spacial score (nSPS) is 13.7. The number of hydrogen-bond donors (Lipinski definition) is 1. The van der Waals surface area contributed by atoms with E-state index in [9.17, 15) is 9.59 Å². The van der Waals surface area contributed by atoms with Crippen LogP contribution in [-0.4, -0.2) is 28.2 Å². The summed E-state index contributed by atoms with van der Waals surface area (Å²) < 4.78 is 0. The van der Waals surface area contributed by atoms with Crippen molar-refractivity contribution in [2.45, 2.75) is 19.4 Å². The van der Waals surface area contributed by atoms with Gasteiger partial charge in [0.15, 0.2) is 5.13 Å². The fourth-order valence-electron chi connectivity index (χ4n) is 3.60. The lowest BCUT2D eigenvalue weighted by Crippen LogP contribution is -2.24. The van der Waals surface area contributed by atoms with Crippen LogP contribution < -0.4 is 5.32 Å². The minimum atomic E-state index is -0.196. The number of carbonyl (C=O) groups is 2. The second-order valence-corrected chi connectivity index (χ2v) is 10.1. The van der Waals surface area contributed by atoms with Gasteiger partial charge in [-0.15, -0.1) is 22.7 Å². The van der Waals surface area contributed by atoms with Crippen molar-refractivity contribution < 1.29 is 9.59 Å². The van der Waals surface area contributed by atoms with E-state index in [0.29, 0.717) is 23.7 Å². The van der Waals surface area contributed by atoms with Gasteiger partial charge in [0.1, 0.15) is 5.69 Å². The highest BCUT2D eigenvalue weighted by Crippen LogP contribution is 2.42. The molecule has 4 heterocycles. The van der Waals surface area contributed by atoms with E-state index in [2.05, 4.69) is 11.4 Å². The summed E-state index contributed by atoms with van der Waals surface area (Å²) in [7, 11) is 0. The molecule has 8 heteroatoms. The molecule has 0 saturated carbocycles. The quantitative estimate of drug-likeness (QED) is 0.381. The predicted octanol–water partition coefficient (Wildman–Crippen LogP) is 5.97. The maximum atomic E-state index is 12.9. The number of benzene rings is 1. The van der Waals surface area contributed by atoms with Gasteiger partial charge in [-0.25, -0.2) is 4.98 Å². The van der Waals surface area contributed by atoms with Gasteiger partial charge >= 0.3 is 0 Å². The smallest absolute Gasteiger partial charge is 0.257 e. The SMILES string of the molecule is O=C(Nc1nc(-c2cccs2)c(-c2cccs2)s1)c1cccc(CN2CCCC2=O)c1. The molecule has 1 aromatic carbocycles. The van der Waals surface area contributed by atoms with Gasteiger partial charge in [-0.05, 0) is 47.0 Å². The number of hydrogen-bond acceptors (Lipinski definition) is 6. The molecule has 1 saturated heterocycles. The van der Waals surface area contributed by atoms with Gasteiger partial charge in [-0.2, -0.15) is 0 Å². The van der Waals surface area contributed by atoms with Crippen LogP contribution in [0.25, 0.3) is 20.3 Å². The number of nitrogens with one attached hydrogen (secondary N) is 1. The average molecular weight is 466 g/mol. The van der Waals surface area contributed by atoms with Crippen LogP contribution in [0.2, 0.25) is 0 Å². The topological polar surface area (TPSA) is 62.3 Å². The lowest BCUT2D eigenvalue weighted by Gasteiger charge is -2.15. The van der Waals surface area contributed by atoms with E-state index in [-0.39, 0.29) is 11.8 Å². The zero-order valence-corrected chi connectivity index (χ0v) is 19.0. The highest BCUT2D eigenvalue weighted by atomic mass is 32.1. The van der Waals surface area contributed by atoms with Crippen molar-refractivity contribution in [1.29, 1.82) is 0 Å². The molecule has 3 aromatic heterocycles. The average Bonchev–Trinajstić information content (AvgIpc) is 3.56. The highest BCUT2D eigenvalue weighted by molar-refractivity contribution is 7.24. The summed E-state index contributed by atoms with van der Waals surface area (Å²) in [4.78, 5) is 34.7. The number of amides is 2. The monoisotopic (exact) mass is 465 g/mol. The summed E-state index contributed by atoms with van der Waals surface area (Å²) in [5.41, 5.74) is 2.43. The molecule has 5 nitrogen and oxygen atoms in total. The summed E-state index contributed by atoms with van der Waals surface area (Å²) >= 11 is 4.79. The summed E-state index contributed by atoms with van der Waals surface area (Å²) in [6.07, 6.45) is 1.52. The van der Waals surface area contributed by atoms with E-state index >= 15 is 0 Å². The first-order valence-electron chi connectivity index (χ1n) is 9.94. The van der Waals surface area contributed by atoms with Crippen LogP contribution >= 0.6 is 34.0 Å². The number of aromatic nitrogens is 1. The molecular weight excluding hydrogens is 446 g/mol. The van der Waals surface area contributed by atoms with Crippen LogP contribution in [0.3, 0.4) is 0 Å². The number of carbonyl (C=O) groups excluding carboxylic acids is 2. The molecule has 0 spiro atoms. The number of likely N-dealkylation sites (tertiary alicyclic amines) is 1. The van der Waals surface area contributed by atoms with Crippen molar-refractivity contribution in [2.75, 3.05) is 11.9 Å². The minimum Gasteiger partial charge on any atom is -0.338 e. The van der Waals surface area contributed by atoms with E-state index in [1.54, 1.807) is 28.7 Å². The third kappa shape index (κ3) is 4.32. The molecule has 156 valence electrons. The molecule has 31 heavy (non-hydrogen) atoms. The van der Waals surface area contributed by atoms with Crippen LogP contribution in [-0.2, 0) is 11.3 Å². The maximum absolute atomic E-state index is 12.9. The molecule has 2 amide bonds. The third-order valence-corrected chi connectivity index (χ3v) is 7.98. The Labute approximate surface area is 192 Å². The van der Waals surface area contributed by atoms with Crippen molar-refractivity contribution in [2.24, 2.45) is 0 Å². The van der Waals surface area contributed by atoms with Gasteiger partial charge in [-0.1, -0.05) is 35.6 Å². The molecule has 1 aliphatic heterocycles. The van der Waals surface area contributed by atoms with Crippen LogP contribution in [0.1, 0.15) is 28.8 Å². The number of anilines is 1. The number of thiophene rings is 2. The van der Waals surface area contributed by atoms with Crippen molar-refractivity contribution in [3.63, 3.8) is 0 Å². The van der Waals surface area contributed by atoms with Gasteiger partial charge in [0.05, 0.1) is 9.75 Å². The molecule has 0 atom stereocenters. The van der Waals surface area contributed by atoms with Gasteiger partial charge in [0.2, 0.25) is 5.91 Å². The van der Waals surface area contributed by atoms with E-state index in [1.807, 2.05) is 52.1 Å². The van der Waals surface area contributed by atoms with Crippen LogP contribution in [0, 0.1) is 0 Å². The number of thiazole rings is 1. The summed E-state index contributed by atoms with van der Waals surface area (Å²) in [6.45, 7) is 1.33. The number of nitrogens with zero attached hydrogens (tertiary/aromatic N) is 2. The Bertz CT molecular complexity index is 1160. The molecule has 4 aromatic rings. The molecule has 5 rings (SSSR count). The van der Waals surface area contributed by atoms with Gasteiger partial charge in [0.25, 0.3) is 5.91 Å². The van der Waals surface area contributed by atoms with Crippen molar-refractivity contribution >= 4 is 51.0 Å². The Kier molecular flexibility index (Phi) is 5.67. The first-order chi connectivity index (χ1) is 15.2. The fraction of sp³-hybridized carbons (Fsp3) is 0.174. The zero-order valence-electron chi connectivity index (χ0n) is 16.5. The molecule has 0 unspecified atom stereocenters. The van der Waals surface area contributed by atoms with Crippen LogP contribution in [0.15, 0.2) is 59.3 Å². The van der Waals surface area contributed by atoms with Crippen molar-refractivity contribution in [3.05, 3.63) is 70.4 Å². The standard InChI is InChI=1S/C23H19N3O2S3/c27-19-9-2-10-26(19)14-15-5-1-6-16(13-15)22(28)25-23-24-20(17-7-3-11-29-17)21(31-23)18-8-4-12-30-18/h1,3-8,11-13H,2,9-10,14H2,(H,24,25,28). The fourth-order valence-corrected chi connectivity index (χ4v) is 6.21. The molecule has 1 fully saturated rings. The van der Waals surface area contributed by atoms with Gasteiger partial charge in [-0.3, -0.25) is 14.9 Å². The molecule has 0 bridgehead atoms. The first-order valence-corrected chi connectivity index (χ1v) is 12.5. The summed E-state index contributed by atoms with van der Waals surface area (Å²) in [5.74, 6) is -0.0151. The lowest BCUT2D eigenvalue weighted by atomic mass is 10.1. The maximum Gasteiger partial charge on any atom is 0.257 e. The third-order valence-electron chi connectivity index (χ3n) is 5.08. The summed E-state index contributed by atoms with van der Waals surface area (Å²) in [5, 5.41) is 7.62. The summed E-state index contributed by atoms with van der Waals surface area (Å²) in [6, 6.07) is 15.6. The second kappa shape index (κ2) is 8.74. The molecule has 0 radical (unpaired) electrons. The van der Waals surface area contributed by atoms with E-state index < -0.39 is 0 Å². The Hall–Kier alpha value is -2.81. The Morgan fingerprint density at radius 2 is 1.87 bits per heavy atom. The minimum absolute atomic E-state index is 0.180. The first kappa shape index (κ1) is 20.1.